The molecule has 0 aliphatic carbocycles. The van der Waals surface area contributed by atoms with Gasteiger partial charge in [0.15, 0.2) is 11.5 Å². The van der Waals surface area contributed by atoms with E-state index in [1.807, 2.05) is 20.8 Å². The lowest BCUT2D eigenvalue weighted by Gasteiger charge is -2.33. The fourth-order valence-corrected chi connectivity index (χ4v) is 4.13. The predicted molar refractivity (Wildman–Crippen MR) is 137 cm³/mol. The Balaban J connectivity index is 1.44. The summed E-state index contributed by atoms with van der Waals surface area (Å²) in [4.78, 5) is 22.7. The average Bonchev–Trinajstić information content (AvgIpc) is 2.83. The topological polar surface area (TPSA) is 85.8 Å². The maximum atomic E-state index is 14.3. The van der Waals surface area contributed by atoms with Crippen LogP contribution >= 0.6 is 11.6 Å². The summed E-state index contributed by atoms with van der Waals surface area (Å²) in [7, 11) is 1.56. The van der Waals surface area contributed by atoms with Crippen LogP contribution in [0, 0.1) is 11.7 Å². The van der Waals surface area contributed by atoms with E-state index in [-0.39, 0.29) is 11.8 Å². The summed E-state index contributed by atoms with van der Waals surface area (Å²) in [5, 5.41) is 3.96. The summed E-state index contributed by atoms with van der Waals surface area (Å²) in [5.41, 5.74) is 0.361. The Hall–Kier alpha value is -3.33. The zero-order valence-corrected chi connectivity index (χ0v) is 21.6. The van der Waals surface area contributed by atoms with Gasteiger partial charge in [0.25, 0.3) is 0 Å². The molecular formula is C26H30ClFN4O4. The minimum absolute atomic E-state index is 0.247. The number of nitrogens with one attached hydrogen (secondary N) is 1. The van der Waals surface area contributed by atoms with Crippen LogP contribution in [0.25, 0.3) is 10.9 Å². The highest BCUT2D eigenvalue weighted by molar-refractivity contribution is 6.30. The van der Waals surface area contributed by atoms with Gasteiger partial charge in [-0.3, -0.25) is 0 Å². The van der Waals surface area contributed by atoms with Crippen molar-refractivity contribution in [2.24, 2.45) is 5.92 Å². The largest absolute Gasteiger partial charge is 0.493 e. The van der Waals surface area contributed by atoms with Crippen LogP contribution in [0.2, 0.25) is 5.02 Å². The number of likely N-dealkylation sites (tertiary alicyclic amines) is 1. The maximum Gasteiger partial charge on any atom is 0.410 e. The summed E-state index contributed by atoms with van der Waals surface area (Å²) in [5.74, 6) is 1.31. The van der Waals surface area contributed by atoms with Gasteiger partial charge < -0.3 is 24.4 Å². The number of hydrogen-bond donors (Lipinski definition) is 1. The van der Waals surface area contributed by atoms with Gasteiger partial charge in [-0.05, 0) is 63.8 Å². The molecule has 3 aromatic rings. The fourth-order valence-electron chi connectivity index (χ4n) is 3.97. The first-order valence-corrected chi connectivity index (χ1v) is 12.2. The number of ether oxygens (including phenoxy) is 3. The third-order valence-corrected chi connectivity index (χ3v) is 6.08. The summed E-state index contributed by atoms with van der Waals surface area (Å²) in [6, 6.07) is 7.94. The Labute approximate surface area is 214 Å². The van der Waals surface area contributed by atoms with E-state index in [4.69, 9.17) is 25.8 Å². The molecule has 1 aliphatic heterocycles. The Kier molecular flexibility index (Phi) is 7.68. The highest BCUT2D eigenvalue weighted by atomic mass is 35.5. The Morgan fingerprint density at radius 1 is 1.17 bits per heavy atom. The first-order chi connectivity index (χ1) is 17.1. The highest BCUT2D eigenvalue weighted by Gasteiger charge is 2.27. The van der Waals surface area contributed by atoms with Crippen molar-refractivity contribution in [1.29, 1.82) is 0 Å². The number of fused-ring (bicyclic) bond motifs is 1. The highest BCUT2D eigenvalue weighted by Crippen LogP contribution is 2.36. The Morgan fingerprint density at radius 2 is 1.92 bits per heavy atom. The molecule has 36 heavy (non-hydrogen) atoms. The fraction of sp³-hybridized carbons (Fsp3) is 0.423. The smallest absolute Gasteiger partial charge is 0.410 e. The van der Waals surface area contributed by atoms with Crippen LogP contribution in [-0.2, 0) is 4.74 Å². The van der Waals surface area contributed by atoms with E-state index in [1.54, 1.807) is 36.3 Å². The number of methoxy groups -OCH3 is 1. The van der Waals surface area contributed by atoms with Crippen LogP contribution in [0.5, 0.6) is 11.5 Å². The minimum atomic E-state index is -0.508. The van der Waals surface area contributed by atoms with Crippen molar-refractivity contribution >= 4 is 40.1 Å². The third-order valence-electron chi connectivity index (χ3n) is 5.85. The number of carbonyl (C=O) groups excluding carboxylic acids is 1. The van der Waals surface area contributed by atoms with Gasteiger partial charge in [-0.25, -0.2) is 19.2 Å². The molecule has 4 rings (SSSR count). The molecule has 1 aromatic heterocycles. The molecule has 192 valence electrons. The Bertz CT molecular complexity index is 1240. The standard InChI is InChI=1S/C26H30ClFN4O4/c1-26(2,3)36-25(33)32-9-7-16(8-10-32)14-35-23-13-21-18(12-22(23)34-4)24(30-15-29-21)31-20-6-5-17(27)11-19(20)28/h5-6,11-13,15-16H,7-10,14H2,1-4H3,(H,29,30,31). The second-order valence-corrected chi connectivity index (χ2v) is 10.1. The molecule has 1 amide bonds. The van der Waals surface area contributed by atoms with E-state index in [0.29, 0.717) is 58.9 Å². The Morgan fingerprint density at radius 3 is 2.58 bits per heavy atom. The molecule has 0 spiro atoms. The summed E-state index contributed by atoms with van der Waals surface area (Å²) in [6.07, 6.45) is 2.76. The van der Waals surface area contributed by atoms with E-state index < -0.39 is 11.4 Å². The van der Waals surface area contributed by atoms with Crippen molar-refractivity contribution in [1.82, 2.24) is 14.9 Å². The quantitative estimate of drug-likeness (QED) is 0.417. The number of aromatic nitrogens is 2. The van der Waals surface area contributed by atoms with Gasteiger partial charge in [0.1, 0.15) is 23.6 Å². The minimum Gasteiger partial charge on any atom is -0.493 e. The molecule has 0 unspecified atom stereocenters. The molecule has 2 aromatic carbocycles. The lowest BCUT2D eigenvalue weighted by molar-refractivity contribution is 0.0164. The van der Waals surface area contributed by atoms with Crippen LogP contribution in [0.1, 0.15) is 33.6 Å². The zero-order chi connectivity index (χ0) is 25.9. The monoisotopic (exact) mass is 516 g/mol. The van der Waals surface area contributed by atoms with E-state index in [0.717, 1.165) is 12.8 Å². The van der Waals surface area contributed by atoms with E-state index in [2.05, 4.69) is 15.3 Å². The predicted octanol–water partition coefficient (Wildman–Crippen LogP) is 6.20. The van der Waals surface area contributed by atoms with Gasteiger partial charge in [-0.1, -0.05) is 11.6 Å². The number of carbonyl (C=O) groups is 1. The first-order valence-electron chi connectivity index (χ1n) is 11.8. The molecule has 2 heterocycles. The van der Waals surface area contributed by atoms with Crippen LogP contribution in [0.4, 0.5) is 20.7 Å². The van der Waals surface area contributed by atoms with Gasteiger partial charge in [0.05, 0.1) is 24.9 Å². The van der Waals surface area contributed by atoms with Crippen LogP contribution in [0.3, 0.4) is 0 Å². The molecule has 0 atom stereocenters. The van der Waals surface area contributed by atoms with Gasteiger partial charge in [-0.2, -0.15) is 0 Å². The molecular weight excluding hydrogens is 487 g/mol. The lowest BCUT2D eigenvalue weighted by Crippen LogP contribution is -2.42. The van der Waals surface area contributed by atoms with Crippen molar-refractivity contribution in [2.45, 2.75) is 39.2 Å². The van der Waals surface area contributed by atoms with E-state index in [9.17, 15) is 9.18 Å². The molecule has 0 radical (unpaired) electrons. The third kappa shape index (κ3) is 6.26. The van der Waals surface area contributed by atoms with Gasteiger partial charge in [-0.15, -0.1) is 0 Å². The number of halogens is 2. The van der Waals surface area contributed by atoms with Crippen LogP contribution < -0.4 is 14.8 Å². The van der Waals surface area contributed by atoms with Crippen molar-refractivity contribution in [3.63, 3.8) is 0 Å². The normalized spacial score (nSPS) is 14.6. The number of amides is 1. The molecule has 1 N–H and O–H groups in total. The number of anilines is 2. The number of hydrogen-bond acceptors (Lipinski definition) is 7. The maximum absolute atomic E-state index is 14.3. The van der Waals surface area contributed by atoms with E-state index in [1.165, 1.54) is 12.4 Å². The van der Waals surface area contributed by atoms with Gasteiger partial charge in [0, 0.05) is 29.6 Å². The molecule has 10 heteroatoms. The van der Waals surface area contributed by atoms with E-state index >= 15 is 0 Å². The number of nitrogens with zero attached hydrogens (tertiary/aromatic N) is 3. The van der Waals surface area contributed by atoms with Crippen molar-refractivity contribution < 1.29 is 23.4 Å². The molecule has 8 nitrogen and oxygen atoms in total. The zero-order valence-electron chi connectivity index (χ0n) is 20.8. The summed E-state index contributed by atoms with van der Waals surface area (Å²) >= 11 is 5.85. The summed E-state index contributed by atoms with van der Waals surface area (Å²) in [6.45, 7) is 7.33. The SMILES string of the molecule is COc1cc2c(Nc3ccc(Cl)cc3F)ncnc2cc1OCC1CCN(C(=O)OC(C)(C)C)CC1. The van der Waals surface area contributed by atoms with Crippen molar-refractivity contribution in [3.05, 3.63) is 47.5 Å². The van der Waals surface area contributed by atoms with Crippen LogP contribution in [0.15, 0.2) is 36.7 Å². The van der Waals surface area contributed by atoms with Gasteiger partial charge >= 0.3 is 6.09 Å². The van der Waals surface area contributed by atoms with Crippen LogP contribution in [-0.4, -0.2) is 53.4 Å². The molecule has 0 saturated carbocycles. The number of rotatable bonds is 6. The number of benzene rings is 2. The van der Waals surface area contributed by atoms with Gasteiger partial charge in [0.2, 0.25) is 0 Å². The van der Waals surface area contributed by atoms with Crippen molar-refractivity contribution in [2.75, 3.05) is 32.1 Å². The second kappa shape index (κ2) is 10.7. The average molecular weight is 517 g/mol. The molecule has 1 saturated heterocycles. The first kappa shape index (κ1) is 25.8. The lowest BCUT2D eigenvalue weighted by atomic mass is 9.98. The number of piperidine rings is 1. The molecule has 1 aliphatic rings. The van der Waals surface area contributed by atoms with Crippen molar-refractivity contribution in [3.8, 4) is 11.5 Å². The second-order valence-electron chi connectivity index (χ2n) is 9.71. The summed E-state index contributed by atoms with van der Waals surface area (Å²) < 4.78 is 31.5. The molecule has 1 fully saturated rings. The molecule has 0 bridgehead atoms.